The summed E-state index contributed by atoms with van der Waals surface area (Å²) in [7, 11) is 3.29. The smallest absolute Gasteiger partial charge is 0.493 e. The van der Waals surface area contributed by atoms with E-state index in [0.717, 1.165) is 40.0 Å². The summed E-state index contributed by atoms with van der Waals surface area (Å²) in [6, 6.07) is 19.3. The van der Waals surface area contributed by atoms with Crippen LogP contribution in [0.4, 0.5) is 4.79 Å². The number of para-hydroxylation sites is 1. The first-order chi connectivity index (χ1) is 18.1. The number of hydrogen-bond acceptors (Lipinski definition) is 5. The van der Waals surface area contributed by atoms with Gasteiger partial charge in [0.2, 0.25) is 0 Å². The van der Waals surface area contributed by atoms with Crippen molar-refractivity contribution in [3.8, 4) is 28.4 Å². The lowest BCUT2D eigenvalue weighted by Crippen LogP contribution is -2.14. The van der Waals surface area contributed by atoms with Gasteiger partial charge in [-0.15, -0.1) is 0 Å². The molecule has 0 aliphatic heterocycles. The van der Waals surface area contributed by atoms with Crippen molar-refractivity contribution >= 4 is 17.2 Å². The highest BCUT2D eigenvalue weighted by Gasteiger charge is 2.21. The molecule has 4 aromatic rings. The molecule has 1 heterocycles. The average Bonchev–Trinajstić information content (AvgIpc) is 3.24. The fourth-order valence-electron chi connectivity index (χ4n) is 5.34. The van der Waals surface area contributed by atoms with Crippen molar-refractivity contribution in [1.29, 1.82) is 0 Å². The van der Waals surface area contributed by atoms with Gasteiger partial charge in [-0.05, 0) is 23.1 Å². The number of carboxylic acid groups (broad SMARTS) is 1. The Morgan fingerprint density at radius 2 is 1.65 bits per heavy atom. The molecule has 0 spiro atoms. The van der Waals surface area contributed by atoms with Gasteiger partial charge in [0.1, 0.15) is 11.6 Å². The molecule has 7 nitrogen and oxygen atoms in total. The molecule has 1 N–H and O–H groups in total. The van der Waals surface area contributed by atoms with Crippen LogP contribution in [0.5, 0.6) is 17.2 Å². The van der Waals surface area contributed by atoms with Crippen LogP contribution in [0.1, 0.15) is 43.5 Å². The summed E-state index contributed by atoms with van der Waals surface area (Å²) in [5.41, 5.74) is 4.68. The largest absolute Gasteiger partial charge is 0.511 e. The normalized spacial score (nSPS) is 14.0. The van der Waals surface area contributed by atoms with Crippen LogP contribution in [0.2, 0.25) is 0 Å². The maximum atomic E-state index is 11.1. The maximum absolute atomic E-state index is 11.1. The predicted molar refractivity (Wildman–Crippen MR) is 143 cm³/mol. The Balaban J connectivity index is 1.49. The third kappa shape index (κ3) is 5.40. The van der Waals surface area contributed by atoms with Crippen molar-refractivity contribution < 1.29 is 24.1 Å². The lowest BCUT2D eigenvalue weighted by Gasteiger charge is -2.21. The molecule has 0 radical (unpaired) electrons. The summed E-state index contributed by atoms with van der Waals surface area (Å²) in [4.78, 5) is 16.2. The van der Waals surface area contributed by atoms with Crippen LogP contribution in [0.3, 0.4) is 0 Å². The molecule has 0 amide bonds. The van der Waals surface area contributed by atoms with Crippen molar-refractivity contribution in [1.82, 2.24) is 9.55 Å². The standard InChI is InChI=1S/C30H32N2O5/c1-35-27-17-24-25(18-28(27)36-2)32(29(31-24)16-20-8-4-3-5-9-20)19-21-12-14-22(15-13-21)23-10-6-7-11-26(23)37-30(33)34/h6-7,10-15,17-18,20H,3-5,8-9,16,19H2,1-2H3,(H,33,34). The Morgan fingerprint density at radius 3 is 2.35 bits per heavy atom. The molecular weight excluding hydrogens is 468 g/mol. The Hall–Kier alpha value is -4.00. The summed E-state index contributed by atoms with van der Waals surface area (Å²) >= 11 is 0. The molecule has 0 unspecified atom stereocenters. The second-order valence-electron chi connectivity index (χ2n) is 9.58. The highest BCUT2D eigenvalue weighted by atomic mass is 16.7. The summed E-state index contributed by atoms with van der Waals surface area (Å²) in [5, 5.41) is 9.08. The average molecular weight is 501 g/mol. The number of carbonyl (C=O) groups is 1. The third-order valence-electron chi connectivity index (χ3n) is 7.22. The van der Waals surface area contributed by atoms with Crippen molar-refractivity contribution in [2.24, 2.45) is 5.92 Å². The van der Waals surface area contributed by atoms with Crippen molar-refractivity contribution in [2.45, 2.75) is 45.1 Å². The van der Waals surface area contributed by atoms with E-state index >= 15 is 0 Å². The van der Waals surface area contributed by atoms with E-state index in [0.29, 0.717) is 29.7 Å². The minimum absolute atomic E-state index is 0.319. The predicted octanol–water partition coefficient (Wildman–Crippen LogP) is 6.95. The van der Waals surface area contributed by atoms with Gasteiger partial charge in [-0.2, -0.15) is 0 Å². The van der Waals surface area contributed by atoms with Crippen molar-refractivity contribution in [2.75, 3.05) is 14.2 Å². The lowest BCUT2D eigenvalue weighted by molar-refractivity contribution is 0.144. The molecular formula is C30H32N2O5. The first-order valence-electron chi connectivity index (χ1n) is 12.8. The number of nitrogens with zero attached hydrogens (tertiary/aromatic N) is 2. The number of fused-ring (bicyclic) bond motifs is 1. The molecule has 0 atom stereocenters. The Labute approximate surface area is 216 Å². The lowest BCUT2D eigenvalue weighted by atomic mass is 9.87. The van der Waals surface area contributed by atoms with Gasteiger partial charge in [0, 0.05) is 30.7 Å². The molecule has 1 aromatic heterocycles. The summed E-state index contributed by atoms with van der Waals surface area (Å²) in [6.45, 7) is 0.668. The number of benzene rings is 3. The number of methoxy groups -OCH3 is 2. The monoisotopic (exact) mass is 500 g/mol. The zero-order chi connectivity index (χ0) is 25.8. The van der Waals surface area contributed by atoms with Crippen LogP contribution in [-0.4, -0.2) is 35.0 Å². The van der Waals surface area contributed by atoms with Gasteiger partial charge in [-0.1, -0.05) is 74.6 Å². The number of rotatable bonds is 8. The van der Waals surface area contributed by atoms with Crippen molar-refractivity contribution in [3.05, 3.63) is 72.1 Å². The third-order valence-corrected chi connectivity index (χ3v) is 7.22. The number of ether oxygens (including phenoxy) is 3. The molecule has 7 heteroatoms. The van der Waals surface area contributed by atoms with Gasteiger partial charge in [-0.25, -0.2) is 9.78 Å². The van der Waals surface area contributed by atoms with E-state index in [1.165, 1.54) is 32.1 Å². The number of hydrogen-bond donors (Lipinski definition) is 1. The van der Waals surface area contributed by atoms with Crippen LogP contribution in [0.15, 0.2) is 60.7 Å². The highest BCUT2D eigenvalue weighted by Crippen LogP contribution is 2.35. The first kappa shape index (κ1) is 24.7. The van der Waals surface area contributed by atoms with Crippen LogP contribution >= 0.6 is 0 Å². The minimum atomic E-state index is -1.33. The fraction of sp³-hybridized carbons (Fsp3) is 0.333. The zero-order valence-electron chi connectivity index (χ0n) is 21.3. The summed E-state index contributed by atoms with van der Waals surface area (Å²) < 4.78 is 18.4. The van der Waals surface area contributed by atoms with Gasteiger partial charge in [0.25, 0.3) is 0 Å². The van der Waals surface area contributed by atoms with E-state index in [1.54, 1.807) is 26.4 Å². The molecule has 0 bridgehead atoms. The topological polar surface area (TPSA) is 82.8 Å². The van der Waals surface area contributed by atoms with Gasteiger partial charge in [0.05, 0.1) is 25.3 Å². The molecule has 1 aliphatic carbocycles. The molecule has 37 heavy (non-hydrogen) atoms. The molecule has 1 saturated carbocycles. The molecule has 192 valence electrons. The Bertz CT molecular complexity index is 1390. The van der Waals surface area contributed by atoms with Gasteiger partial charge in [0.15, 0.2) is 11.5 Å². The fourth-order valence-corrected chi connectivity index (χ4v) is 5.34. The second kappa shape index (κ2) is 10.9. The molecule has 5 rings (SSSR count). The zero-order valence-corrected chi connectivity index (χ0v) is 21.3. The Morgan fingerprint density at radius 1 is 0.946 bits per heavy atom. The number of imidazole rings is 1. The highest BCUT2D eigenvalue weighted by molar-refractivity contribution is 5.81. The second-order valence-corrected chi connectivity index (χ2v) is 9.58. The van der Waals surface area contributed by atoms with Gasteiger partial charge < -0.3 is 23.9 Å². The van der Waals surface area contributed by atoms with Crippen LogP contribution in [0, 0.1) is 5.92 Å². The first-order valence-corrected chi connectivity index (χ1v) is 12.8. The molecule has 3 aromatic carbocycles. The Kier molecular flexibility index (Phi) is 7.30. The van der Waals surface area contributed by atoms with Crippen LogP contribution in [0.25, 0.3) is 22.2 Å². The van der Waals surface area contributed by atoms with Gasteiger partial charge >= 0.3 is 6.16 Å². The van der Waals surface area contributed by atoms with E-state index in [-0.39, 0.29) is 0 Å². The van der Waals surface area contributed by atoms with E-state index < -0.39 is 6.16 Å². The van der Waals surface area contributed by atoms with E-state index in [1.807, 2.05) is 36.4 Å². The molecule has 0 saturated heterocycles. The molecule has 1 aliphatic rings. The van der Waals surface area contributed by atoms with Crippen LogP contribution in [-0.2, 0) is 13.0 Å². The SMILES string of the molecule is COc1cc2nc(CC3CCCCC3)n(Cc3ccc(-c4ccccc4OC(=O)O)cc3)c2cc1OC. The van der Waals surface area contributed by atoms with E-state index in [2.05, 4.69) is 16.7 Å². The summed E-state index contributed by atoms with van der Waals surface area (Å²) in [6.07, 6.45) is 6.05. The quantitative estimate of drug-likeness (QED) is 0.208. The number of aromatic nitrogens is 2. The van der Waals surface area contributed by atoms with E-state index in [9.17, 15) is 4.79 Å². The van der Waals surface area contributed by atoms with Crippen LogP contribution < -0.4 is 14.2 Å². The molecule has 1 fully saturated rings. The minimum Gasteiger partial charge on any atom is -0.493 e. The van der Waals surface area contributed by atoms with Crippen molar-refractivity contribution in [3.63, 3.8) is 0 Å². The van der Waals surface area contributed by atoms with E-state index in [4.69, 9.17) is 24.3 Å². The van der Waals surface area contributed by atoms with Gasteiger partial charge in [-0.3, -0.25) is 0 Å². The summed E-state index contributed by atoms with van der Waals surface area (Å²) in [5.74, 6) is 3.42. The maximum Gasteiger partial charge on any atom is 0.511 e.